The molecular formula is C29H35FN3O4PS. The second-order valence-corrected chi connectivity index (χ2v) is 12.6. The molecule has 1 aliphatic heterocycles. The summed E-state index contributed by atoms with van der Waals surface area (Å²) >= 11 is 1.21. The molecule has 2 unspecified atom stereocenters. The van der Waals surface area contributed by atoms with Gasteiger partial charge in [-0.1, -0.05) is 26.0 Å². The summed E-state index contributed by atoms with van der Waals surface area (Å²) in [5.74, 6) is -1.36. The molecule has 0 spiro atoms. The number of benzene rings is 1. The fraction of sp³-hybridized carbons (Fsp3) is 0.448. The lowest BCUT2D eigenvalue weighted by atomic mass is 9.88. The van der Waals surface area contributed by atoms with Crippen LogP contribution in [0.2, 0.25) is 0 Å². The molecule has 0 bridgehead atoms. The summed E-state index contributed by atoms with van der Waals surface area (Å²) in [6, 6.07) is 4.95. The fourth-order valence-corrected chi connectivity index (χ4v) is 6.23. The van der Waals surface area contributed by atoms with Crippen LogP contribution in [0, 0.1) is 11.7 Å². The van der Waals surface area contributed by atoms with Gasteiger partial charge in [0.15, 0.2) is 11.5 Å². The smallest absolute Gasteiger partial charge is 0.248 e. The minimum absolute atomic E-state index is 0.0968. The van der Waals surface area contributed by atoms with Gasteiger partial charge in [-0.3, -0.25) is 14.4 Å². The number of aromatic nitrogens is 2. The van der Waals surface area contributed by atoms with Crippen molar-refractivity contribution in [2.75, 3.05) is 13.1 Å². The van der Waals surface area contributed by atoms with Crippen LogP contribution in [0.25, 0.3) is 10.6 Å². The van der Waals surface area contributed by atoms with E-state index in [4.69, 9.17) is 0 Å². The third kappa shape index (κ3) is 5.99. The maximum atomic E-state index is 14.4. The van der Waals surface area contributed by atoms with Crippen LogP contribution in [-0.4, -0.2) is 44.3 Å². The van der Waals surface area contributed by atoms with Gasteiger partial charge in [-0.2, -0.15) is 0 Å². The third-order valence-electron chi connectivity index (χ3n) is 7.34. The summed E-state index contributed by atoms with van der Waals surface area (Å²) in [5, 5.41) is 12.1. The fourth-order valence-electron chi connectivity index (χ4n) is 5.05. The van der Waals surface area contributed by atoms with Crippen molar-refractivity contribution in [1.29, 1.82) is 0 Å². The largest absolute Gasteiger partial charge is 0.503 e. The number of amides is 1. The highest BCUT2D eigenvalue weighted by atomic mass is 32.1. The number of aromatic hydroxyl groups is 1. The van der Waals surface area contributed by atoms with Crippen molar-refractivity contribution in [2.24, 2.45) is 5.92 Å². The van der Waals surface area contributed by atoms with Crippen LogP contribution in [0.3, 0.4) is 0 Å². The molecule has 2 aromatic heterocycles. The SMILES string of the molecule is CC(=O)c1c(O)c(=O)c(-c2ncc(Cc3ccc(P)cc3F)s2)cn1C(C)(CCC(C)C)C(=O)N1CCCC1. The molecule has 2 atom stereocenters. The molecule has 4 rings (SSSR count). The number of likely N-dealkylation sites (tertiary alicyclic amines) is 1. The summed E-state index contributed by atoms with van der Waals surface area (Å²) in [5.41, 5.74) is -1.51. The Balaban J connectivity index is 1.83. The van der Waals surface area contributed by atoms with Gasteiger partial charge in [0.1, 0.15) is 22.1 Å². The summed E-state index contributed by atoms with van der Waals surface area (Å²) in [4.78, 5) is 47.0. The van der Waals surface area contributed by atoms with E-state index in [1.165, 1.54) is 35.1 Å². The molecule has 3 heterocycles. The minimum Gasteiger partial charge on any atom is -0.503 e. The number of ketones is 1. The lowest BCUT2D eigenvalue weighted by Crippen LogP contribution is -2.49. The Bertz CT molecular complexity index is 1460. The highest BCUT2D eigenvalue weighted by molar-refractivity contribution is 7.27. The molecular weight excluding hydrogens is 536 g/mol. The first-order valence-electron chi connectivity index (χ1n) is 13.2. The van der Waals surface area contributed by atoms with Crippen molar-refractivity contribution in [3.63, 3.8) is 0 Å². The molecule has 39 heavy (non-hydrogen) atoms. The maximum Gasteiger partial charge on any atom is 0.248 e. The molecule has 0 radical (unpaired) electrons. The Morgan fingerprint density at radius 1 is 1.26 bits per heavy atom. The number of carbonyl (C=O) groups excluding carboxylic acids is 2. The zero-order valence-electron chi connectivity index (χ0n) is 22.8. The average molecular weight is 572 g/mol. The van der Waals surface area contributed by atoms with Gasteiger partial charge in [0, 0.05) is 43.7 Å². The van der Waals surface area contributed by atoms with Gasteiger partial charge in [0.25, 0.3) is 0 Å². The summed E-state index contributed by atoms with van der Waals surface area (Å²) in [6.07, 6.45) is 6.33. The molecule has 1 aromatic carbocycles. The number of Topliss-reactive ketones (excluding diaryl/α,β-unsaturated/α-hetero) is 1. The summed E-state index contributed by atoms with van der Waals surface area (Å²) in [7, 11) is 2.46. The predicted octanol–water partition coefficient (Wildman–Crippen LogP) is 4.88. The highest BCUT2D eigenvalue weighted by Gasteiger charge is 2.41. The van der Waals surface area contributed by atoms with Crippen LogP contribution in [-0.2, 0) is 16.8 Å². The number of pyridine rings is 1. The number of rotatable bonds is 9. The lowest BCUT2D eigenvalue weighted by Gasteiger charge is -2.37. The van der Waals surface area contributed by atoms with E-state index in [-0.39, 0.29) is 23.0 Å². The van der Waals surface area contributed by atoms with Crippen LogP contribution < -0.4 is 10.7 Å². The van der Waals surface area contributed by atoms with Crippen molar-refractivity contribution >= 4 is 37.6 Å². The molecule has 1 aliphatic rings. The molecule has 0 saturated carbocycles. The molecule has 1 saturated heterocycles. The molecule has 0 aliphatic carbocycles. The predicted molar refractivity (Wildman–Crippen MR) is 156 cm³/mol. The molecule has 10 heteroatoms. The van der Waals surface area contributed by atoms with Crippen LogP contribution >= 0.6 is 20.6 Å². The molecule has 1 N–H and O–H groups in total. The van der Waals surface area contributed by atoms with Crippen LogP contribution in [0.4, 0.5) is 4.39 Å². The Labute approximate surface area is 234 Å². The Kier molecular flexibility index (Phi) is 8.72. The Morgan fingerprint density at radius 2 is 1.95 bits per heavy atom. The number of carbonyl (C=O) groups is 2. The third-order valence-corrected chi connectivity index (χ3v) is 8.73. The molecule has 1 fully saturated rings. The maximum absolute atomic E-state index is 14.4. The number of hydrogen-bond donors (Lipinski definition) is 1. The van der Waals surface area contributed by atoms with E-state index in [0.717, 1.165) is 23.0 Å². The Morgan fingerprint density at radius 3 is 2.56 bits per heavy atom. The first-order valence-corrected chi connectivity index (χ1v) is 14.6. The van der Waals surface area contributed by atoms with E-state index >= 15 is 0 Å². The number of halogens is 1. The molecule has 7 nitrogen and oxygen atoms in total. The van der Waals surface area contributed by atoms with Gasteiger partial charge in [-0.05, 0) is 55.5 Å². The van der Waals surface area contributed by atoms with Crippen molar-refractivity contribution in [3.8, 4) is 16.3 Å². The van der Waals surface area contributed by atoms with E-state index in [0.29, 0.717) is 48.8 Å². The zero-order chi connectivity index (χ0) is 28.5. The van der Waals surface area contributed by atoms with E-state index < -0.39 is 22.5 Å². The number of nitrogens with zero attached hydrogens (tertiary/aromatic N) is 3. The quantitative estimate of drug-likeness (QED) is 0.292. The number of hydrogen-bond acceptors (Lipinski definition) is 6. The monoisotopic (exact) mass is 571 g/mol. The van der Waals surface area contributed by atoms with Gasteiger partial charge in [0.2, 0.25) is 11.3 Å². The van der Waals surface area contributed by atoms with Gasteiger partial charge in [-0.25, -0.2) is 9.37 Å². The van der Waals surface area contributed by atoms with Crippen molar-refractivity contribution in [2.45, 2.75) is 65.3 Å². The average Bonchev–Trinajstić information content (AvgIpc) is 3.57. The zero-order valence-corrected chi connectivity index (χ0v) is 24.8. The van der Waals surface area contributed by atoms with Gasteiger partial charge >= 0.3 is 0 Å². The van der Waals surface area contributed by atoms with Gasteiger partial charge in [0.05, 0.1) is 5.56 Å². The minimum atomic E-state index is -1.20. The first-order chi connectivity index (χ1) is 18.4. The normalized spacial score (nSPS) is 15.1. The molecule has 1 amide bonds. The topological polar surface area (TPSA) is 92.5 Å². The van der Waals surface area contributed by atoms with E-state index in [2.05, 4.69) is 28.1 Å². The molecule has 3 aromatic rings. The van der Waals surface area contributed by atoms with E-state index in [1.54, 1.807) is 30.2 Å². The van der Waals surface area contributed by atoms with Crippen LogP contribution in [0.5, 0.6) is 5.75 Å². The lowest BCUT2D eigenvalue weighted by molar-refractivity contribution is -0.139. The Hall–Kier alpha value is -2.90. The standard InChI is InChI=1S/C29H35FN3O4PS/c1-17(2)9-10-29(4,28(37)32-11-5-6-12-32)33-16-22(25(35)26(36)24(33)18(3)34)27-31-15-21(39-27)13-19-7-8-20(38)14-23(19)30/h7-8,14-17,36H,5-6,9-13,38H2,1-4H3. The number of thiazole rings is 1. The summed E-state index contributed by atoms with van der Waals surface area (Å²) < 4.78 is 15.9. The highest BCUT2D eigenvalue weighted by Crippen LogP contribution is 2.35. The van der Waals surface area contributed by atoms with Crippen molar-refractivity contribution < 1.29 is 19.1 Å². The van der Waals surface area contributed by atoms with Crippen molar-refractivity contribution in [1.82, 2.24) is 14.5 Å². The van der Waals surface area contributed by atoms with Crippen molar-refractivity contribution in [3.05, 3.63) is 62.8 Å². The second-order valence-electron chi connectivity index (χ2n) is 10.9. The van der Waals surface area contributed by atoms with E-state index in [9.17, 15) is 23.9 Å². The van der Waals surface area contributed by atoms with Crippen LogP contribution in [0.15, 0.2) is 35.4 Å². The first kappa shape index (κ1) is 29.1. The van der Waals surface area contributed by atoms with Crippen LogP contribution in [0.1, 0.15) is 74.3 Å². The van der Waals surface area contributed by atoms with Gasteiger partial charge in [-0.15, -0.1) is 20.6 Å². The molecule has 208 valence electrons. The second kappa shape index (κ2) is 11.7. The van der Waals surface area contributed by atoms with E-state index in [1.807, 2.05) is 0 Å². The summed E-state index contributed by atoms with van der Waals surface area (Å²) in [6.45, 7) is 8.46. The van der Waals surface area contributed by atoms with Gasteiger partial charge < -0.3 is 14.6 Å².